The Labute approximate surface area is 172 Å². The van der Waals surface area contributed by atoms with Crippen molar-refractivity contribution < 1.29 is 9.13 Å². The summed E-state index contributed by atoms with van der Waals surface area (Å²) in [5.41, 5.74) is 2.59. The van der Waals surface area contributed by atoms with E-state index >= 15 is 0 Å². The third-order valence-corrected chi connectivity index (χ3v) is 5.64. The van der Waals surface area contributed by atoms with Crippen molar-refractivity contribution in [2.24, 2.45) is 9.98 Å². The number of alkyl halides is 1. The minimum atomic E-state index is -0.323. The van der Waals surface area contributed by atoms with Crippen LogP contribution in [0.3, 0.4) is 0 Å². The van der Waals surface area contributed by atoms with E-state index in [2.05, 4.69) is 19.6 Å². The van der Waals surface area contributed by atoms with Crippen LogP contribution in [0.1, 0.15) is 18.4 Å². The van der Waals surface area contributed by atoms with E-state index < -0.39 is 0 Å². The third kappa shape index (κ3) is 4.10. The molecule has 0 saturated carbocycles. The molecule has 0 aromatic heterocycles. The van der Waals surface area contributed by atoms with E-state index in [0.29, 0.717) is 28.7 Å². The summed E-state index contributed by atoms with van der Waals surface area (Å²) in [6, 6.07) is 11.3. The molecule has 2 aromatic carbocycles. The summed E-state index contributed by atoms with van der Waals surface area (Å²) < 4.78 is 21.4. The van der Waals surface area contributed by atoms with Crippen molar-refractivity contribution in [2.75, 3.05) is 30.2 Å². The van der Waals surface area contributed by atoms with Crippen LogP contribution in [-0.4, -0.2) is 42.6 Å². The molecule has 0 fully saturated rings. The second-order valence-corrected chi connectivity index (χ2v) is 7.67. The lowest BCUT2D eigenvalue weighted by molar-refractivity contribution is 0.482. The second-order valence-electron chi connectivity index (χ2n) is 6.39. The first kappa shape index (κ1) is 19.1. The summed E-state index contributed by atoms with van der Waals surface area (Å²) in [5.74, 6) is 2.84. The Morgan fingerprint density at radius 1 is 1.29 bits per heavy atom. The van der Waals surface area contributed by atoms with E-state index in [1.807, 2.05) is 42.7 Å². The van der Waals surface area contributed by atoms with Crippen LogP contribution in [0.15, 0.2) is 46.4 Å². The summed E-state index contributed by atoms with van der Waals surface area (Å²) in [5, 5.41) is 0.489. The molecule has 2 heterocycles. The quantitative estimate of drug-likeness (QED) is 0.464. The van der Waals surface area contributed by atoms with Gasteiger partial charge in [-0.3, -0.25) is 9.38 Å². The Kier molecular flexibility index (Phi) is 6.02. The highest BCUT2D eigenvalue weighted by atomic mass is 35.5. The highest BCUT2D eigenvalue weighted by Gasteiger charge is 2.22. The monoisotopic (exact) mass is 418 g/mol. The van der Waals surface area contributed by atoms with Gasteiger partial charge < -0.3 is 14.4 Å². The zero-order valence-electron chi connectivity index (χ0n) is 15.2. The zero-order chi connectivity index (χ0) is 19.3. The molecule has 2 aromatic rings. The fraction of sp³-hybridized carbons (Fsp3) is 0.300. The largest absolute Gasteiger partial charge is 0.456 e. The maximum atomic E-state index is 12.2. The van der Waals surface area contributed by atoms with Crippen LogP contribution >= 0.6 is 23.5 Å². The Bertz CT molecular complexity index is 921. The first-order valence-electron chi connectivity index (χ1n) is 9.16. The molecule has 28 heavy (non-hydrogen) atoms. The standard InChI is InChI=1S/C20H20ClFN4OS/c21-19-17(25-28-11-2-8-22)4-1-5-18(19)27-14-6-7-16-15(12-14)20-23-9-3-10-26(20)13-24-16/h1,4-7,12-13,25H,2-3,8-11H2. The number of anilines is 1. The van der Waals surface area contributed by atoms with Crippen molar-refractivity contribution in [1.29, 1.82) is 0 Å². The van der Waals surface area contributed by atoms with Gasteiger partial charge in [0.15, 0.2) is 0 Å². The molecule has 0 aliphatic carbocycles. The molecular formula is C20H20ClFN4OS. The van der Waals surface area contributed by atoms with Gasteiger partial charge in [0.1, 0.15) is 22.4 Å². The van der Waals surface area contributed by atoms with Crippen molar-refractivity contribution in [3.63, 3.8) is 0 Å². The molecule has 4 rings (SSSR count). The predicted octanol–water partition coefficient (Wildman–Crippen LogP) is 5.68. The van der Waals surface area contributed by atoms with Gasteiger partial charge in [-0.2, -0.15) is 0 Å². The molecule has 0 amide bonds. The van der Waals surface area contributed by atoms with Gasteiger partial charge in [-0.25, -0.2) is 4.99 Å². The van der Waals surface area contributed by atoms with E-state index in [4.69, 9.17) is 16.3 Å². The predicted molar refractivity (Wildman–Crippen MR) is 116 cm³/mol. The van der Waals surface area contributed by atoms with Crippen molar-refractivity contribution in [1.82, 2.24) is 4.90 Å². The van der Waals surface area contributed by atoms with Gasteiger partial charge in [0.25, 0.3) is 0 Å². The minimum absolute atomic E-state index is 0.323. The molecule has 0 radical (unpaired) electrons. The second kappa shape index (κ2) is 8.84. The van der Waals surface area contributed by atoms with E-state index in [1.54, 1.807) is 0 Å². The van der Waals surface area contributed by atoms with Crippen LogP contribution in [0, 0.1) is 0 Å². The summed E-state index contributed by atoms with van der Waals surface area (Å²) in [6.45, 7) is 1.42. The van der Waals surface area contributed by atoms with Gasteiger partial charge in [0.2, 0.25) is 0 Å². The number of aliphatic imine (C=N–C) groups is 2. The summed E-state index contributed by atoms with van der Waals surface area (Å²) in [7, 11) is 0. The molecule has 5 nitrogen and oxygen atoms in total. The molecule has 1 N–H and O–H groups in total. The molecular weight excluding hydrogens is 399 g/mol. The molecule has 2 aliphatic heterocycles. The van der Waals surface area contributed by atoms with E-state index in [-0.39, 0.29) is 6.67 Å². The fourth-order valence-corrected chi connectivity index (χ4v) is 3.98. The van der Waals surface area contributed by atoms with E-state index in [9.17, 15) is 4.39 Å². The van der Waals surface area contributed by atoms with E-state index in [0.717, 1.165) is 42.3 Å². The molecule has 8 heteroatoms. The Morgan fingerprint density at radius 3 is 3.11 bits per heavy atom. The smallest absolute Gasteiger partial charge is 0.148 e. The highest BCUT2D eigenvalue weighted by Crippen LogP contribution is 2.38. The highest BCUT2D eigenvalue weighted by molar-refractivity contribution is 8.00. The molecule has 0 saturated heterocycles. The maximum Gasteiger partial charge on any atom is 0.148 e. The molecule has 0 unspecified atom stereocenters. The lowest BCUT2D eigenvalue weighted by Gasteiger charge is -2.29. The summed E-state index contributed by atoms with van der Waals surface area (Å²) in [4.78, 5) is 11.2. The molecule has 0 atom stereocenters. The topological polar surface area (TPSA) is 49.2 Å². The van der Waals surface area contributed by atoms with Crippen molar-refractivity contribution in [3.05, 3.63) is 47.0 Å². The number of ether oxygens (including phenoxy) is 1. The molecule has 2 aliphatic rings. The average molecular weight is 419 g/mol. The molecule has 0 bridgehead atoms. The summed E-state index contributed by atoms with van der Waals surface area (Å²) in [6.07, 6.45) is 3.37. The number of hydrogen-bond acceptors (Lipinski definition) is 6. The number of halogens is 2. The van der Waals surface area contributed by atoms with Gasteiger partial charge in [-0.15, -0.1) is 0 Å². The Hall–Kier alpha value is -2.25. The summed E-state index contributed by atoms with van der Waals surface area (Å²) >= 11 is 7.92. The zero-order valence-corrected chi connectivity index (χ0v) is 16.8. The minimum Gasteiger partial charge on any atom is -0.456 e. The third-order valence-electron chi connectivity index (χ3n) is 4.39. The lowest BCUT2D eigenvalue weighted by atomic mass is 10.1. The SMILES string of the molecule is FCCCSNc1cccc(Oc2ccc3c(c2)C2=NCCCN2C=N3)c1Cl. The van der Waals surface area contributed by atoms with Gasteiger partial charge in [-0.1, -0.05) is 29.6 Å². The van der Waals surface area contributed by atoms with Crippen molar-refractivity contribution in [3.8, 4) is 11.5 Å². The van der Waals surface area contributed by atoms with Gasteiger partial charge in [-0.05, 0) is 43.2 Å². The number of fused-ring (bicyclic) bond motifs is 3. The van der Waals surface area contributed by atoms with Gasteiger partial charge in [0.05, 0.1) is 24.4 Å². The maximum absolute atomic E-state index is 12.2. The fourth-order valence-electron chi connectivity index (χ4n) is 3.03. The van der Waals surface area contributed by atoms with Crippen LogP contribution in [0.25, 0.3) is 0 Å². The van der Waals surface area contributed by atoms with Crippen LogP contribution in [0.4, 0.5) is 15.8 Å². The number of amidine groups is 1. The normalized spacial score (nSPS) is 14.9. The number of nitrogens with one attached hydrogen (secondary N) is 1. The average Bonchev–Trinajstić information content (AvgIpc) is 2.73. The van der Waals surface area contributed by atoms with Crippen LogP contribution < -0.4 is 9.46 Å². The van der Waals surface area contributed by atoms with Crippen LogP contribution in [0.5, 0.6) is 11.5 Å². The number of hydrogen-bond donors (Lipinski definition) is 1. The molecule has 146 valence electrons. The number of rotatable bonds is 7. The van der Waals surface area contributed by atoms with E-state index in [1.165, 1.54) is 11.9 Å². The first-order valence-corrected chi connectivity index (χ1v) is 10.5. The first-order chi connectivity index (χ1) is 13.8. The van der Waals surface area contributed by atoms with Gasteiger partial charge >= 0.3 is 0 Å². The van der Waals surface area contributed by atoms with Crippen molar-refractivity contribution in [2.45, 2.75) is 12.8 Å². The Balaban J connectivity index is 1.54. The molecule has 0 spiro atoms. The number of benzene rings is 2. The van der Waals surface area contributed by atoms with Crippen molar-refractivity contribution >= 4 is 47.1 Å². The number of nitrogens with zero attached hydrogens (tertiary/aromatic N) is 3. The van der Waals surface area contributed by atoms with Crippen LogP contribution in [0.2, 0.25) is 5.02 Å². The van der Waals surface area contributed by atoms with Crippen LogP contribution in [-0.2, 0) is 0 Å². The lowest BCUT2D eigenvalue weighted by Crippen LogP contribution is -2.36. The Morgan fingerprint density at radius 2 is 2.21 bits per heavy atom. The van der Waals surface area contributed by atoms with Gasteiger partial charge in [0, 0.05) is 24.4 Å².